The molecule has 0 bridgehead atoms. The Balaban J connectivity index is 2.30. The zero-order chi connectivity index (χ0) is 12.7. The highest BCUT2D eigenvalue weighted by atomic mass is 32.2. The molecule has 0 saturated heterocycles. The normalized spacial score (nSPS) is 10.8. The van der Waals surface area contributed by atoms with Gasteiger partial charge in [-0.1, -0.05) is 0 Å². The molecular formula is C10H13N3O3S. The van der Waals surface area contributed by atoms with Crippen molar-refractivity contribution in [2.24, 2.45) is 0 Å². The van der Waals surface area contributed by atoms with Crippen LogP contribution in [-0.2, 0) is 10.0 Å². The van der Waals surface area contributed by atoms with E-state index >= 15 is 0 Å². The molecule has 0 fully saturated rings. The minimum absolute atomic E-state index is 0.119. The summed E-state index contributed by atoms with van der Waals surface area (Å²) in [6.45, 7) is 0.308. The molecule has 0 amide bonds. The van der Waals surface area contributed by atoms with Crippen molar-refractivity contribution in [2.45, 2.75) is 0 Å². The van der Waals surface area contributed by atoms with Crippen molar-refractivity contribution in [2.75, 3.05) is 24.6 Å². The van der Waals surface area contributed by atoms with Crippen molar-refractivity contribution in [3.63, 3.8) is 0 Å². The van der Waals surface area contributed by atoms with Gasteiger partial charge in [0.05, 0.1) is 6.07 Å². The smallest absolute Gasteiger partial charge is 0.225 e. The average molecular weight is 255 g/mol. The number of nitrogen functional groups attached to an aromatic ring is 1. The second-order valence-corrected chi connectivity index (χ2v) is 5.04. The Hall–Kier alpha value is -1.78. The lowest BCUT2D eigenvalue weighted by molar-refractivity contribution is 0.323. The summed E-state index contributed by atoms with van der Waals surface area (Å²) in [4.78, 5) is 0. The molecule has 3 N–H and O–H groups in total. The Labute approximate surface area is 100 Å². The van der Waals surface area contributed by atoms with Gasteiger partial charge in [-0.05, 0) is 24.3 Å². The fourth-order valence-electron chi connectivity index (χ4n) is 1.07. The molecule has 0 saturated carbocycles. The summed E-state index contributed by atoms with van der Waals surface area (Å²) >= 11 is 0. The molecule has 0 aromatic heterocycles. The third kappa shape index (κ3) is 5.19. The van der Waals surface area contributed by atoms with Gasteiger partial charge in [0.1, 0.15) is 12.4 Å². The molecule has 6 nitrogen and oxygen atoms in total. The lowest BCUT2D eigenvalue weighted by Crippen LogP contribution is -2.29. The van der Waals surface area contributed by atoms with Crippen LogP contribution in [0.1, 0.15) is 0 Å². The quantitative estimate of drug-likeness (QED) is 0.553. The van der Waals surface area contributed by atoms with E-state index in [1.807, 2.05) is 0 Å². The van der Waals surface area contributed by atoms with Crippen molar-refractivity contribution in [1.82, 2.24) is 4.72 Å². The fraction of sp³-hybridized carbons (Fsp3) is 0.300. The van der Waals surface area contributed by atoms with Crippen molar-refractivity contribution < 1.29 is 13.2 Å². The number of nitrogens with one attached hydrogen (secondary N) is 1. The number of ether oxygens (including phenoxy) is 1. The number of nitrogens with zero attached hydrogens (tertiary/aromatic N) is 1. The van der Waals surface area contributed by atoms with Crippen LogP contribution in [0, 0.1) is 11.3 Å². The van der Waals surface area contributed by atoms with E-state index in [0.717, 1.165) is 0 Å². The maximum atomic E-state index is 11.1. The number of hydrogen-bond donors (Lipinski definition) is 2. The molecule has 0 heterocycles. The molecule has 0 spiro atoms. The van der Waals surface area contributed by atoms with E-state index in [1.54, 1.807) is 30.3 Å². The molecule has 7 heteroatoms. The first-order chi connectivity index (χ1) is 8.03. The zero-order valence-electron chi connectivity index (χ0n) is 9.09. The van der Waals surface area contributed by atoms with Gasteiger partial charge in [0.15, 0.2) is 5.75 Å². The predicted molar refractivity (Wildman–Crippen MR) is 63.8 cm³/mol. The van der Waals surface area contributed by atoms with E-state index in [0.29, 0.717) is 11.4 Å². The summed E-state index contributed by atoms with van der Waals surface area (Å²) in [6.07, 6.45) is 0. The molecule has 0 aliphatic rings. The summed E-state index contributed by atoms with van der Waals surface area (Å²) in [5.41, 5.74) is 6.13. The number of hydrogen-bond acceptors (Lipinski definition) is 5. The van der Waals surface area contributed by atoms with Crippen molar-refractivity contribution >= 4 is 15.7 Å². The topological polar surface area (TPSA) is 105 Å². The Morgan fingerprint density at radius 2 is 2.00 bits per heavy atom. The van der Waals surface area contributed by atoms with E-state index in [-0.39, 0.29) is 13.2 Å². The molecule has 1 rings (SSSR count). The third-order valence-electron chi connectivity index (χ3n) is 1.83. The van der Waals surface area contributed by atoms with Crippen LogP contribution in [0.5, 0.6) is 5.75 Å². The van der Waals surface area contributed by atoms with Gasteiger partial charge >= 0.3 is 0 Å². The SMILES string of the molecule is N#CCS(=O)(=O)NCCOc1ccc(N)cc1. The maximum absolute atomic E-state index is 11.1. The minimum atomic E-state index is -3.50. The molecule has 0 aliphatic carbocycles. The molecule has 92 valence electrons. The number of rotatable bonds is 6. The first-order valence-corrected chi connectivity index (χ1v) is 6.51. The first-order valence-electron chi connectivity index (χ1n) is 4.86. The van der Waals surface area contributed by atoms with E-state index < -0.39 is 15.8 Å². The van der Waals surface area contributed by atoms with Gasteiger partial charge in [-0.3, -0.25) is 0 Å². The number of nitrogens with two attached hydrogens (primary N) is 1. The Bertz CT molecular complexity index is 491. The van der Waals surface area contributed by atoms with E-state index in [9.17, 15) is 8.42 Å². The van der Waals surface area contributed by atoms with Gasteiger partial charge in [0, 0.05) is 12.2 Å². The van der Waals surface area contributed by atoms with Gasteiger partial charge in [0.2, 0.25) is 10.0 Å². The highest BCUT2D eigenvalue weighted by Gasteiger charge is 2.07. The molecule has 1 aromatic carbocycles. The van der Waals surface area contributed by atoms with Crippen LogP contribution in [-0.4, -0.2) is 27.3 Å². The van der Waals surface area contributed by atoms with Gasteiger partial charge in [-0.2, -0.15) is 5.26 Å². The number of nitriles is 1. The Morgan fingerprint density at radius 3 is 2.59 bits per heavy atom. The van der Waals surface area contributed by atoms with Gasteiger partial charge in [-0.15, -0.1) is 0 Å². The lowest BCUT2D eigenvalue weighted by atomic mass is 10.3. The van der Waals surface area contributed by atoms with Gasteiger partial charge in [0.25, 0.3) is 0 Å². The first kappa shape index (κ1) is 13.3. The van der Waals surface area contributed by atoms with Crippen molar-refractivity contribution in [3.05, 3.63) is 24.3 Å². The largest absolute Gasteiger partial charge is 0.492 e. The van der Waals surface area contributed by atoms with Crippen LogP contribution >= 0.6 is 0 Å². The average Bonchev–Trinajstić information content (AvgIpc) is 2.27. The standard InChI is InChI=1S/C10H13N3O3S/c11-5-8-17(14,15)13-6-7-16-10-3-1-9(12)2-4-10/h1-4,13H,6-8,12H2. The van der Waals surface area contributed by atoms with E-state index in [2.05, 4.69) is 4.72 Å². The van der Waals surface area contributed by atoms with Crippen molar-refractivity contribution in [3.8, 4) is 11.8 Å². The summed E-state index contributed by atoms with van der Waals surface area (Å²) in [6, 6.07) is 8.33. The highest BCUT2D eigenvalue weighted by Crippen LogP contribution is 2.12. The molecular weight excluding hydrogens is 242 g/mol. The number of sulfonamides is 1. The zero-order valence-corrected chi connectivity index (χ0v) is 9.90. The van der Waals surface area contributed by atoms with Crippen LogP contribution in [0.4, 0.5) is 5.69 Å². The van der Waals surface area contributed by atoms with E-state index in [4.69, 9.17) is 15.7 Å². The van der Waals surface area contributed by atoms with Gasteiger partial charge < -0.3 is 10.5 Å². The fourth-order valence-corrected chi connectivity index (χ4v) is 1.73. The Morgan fingerprint density at radius 1 is 1.35 bits per heavy atom. The van der Waals surface area contributed by atoms with Crippen molar-refractivity contribution in [1.29, 1.82) is 5.26 Å². The van der Waals surface area contributed by atoms with Gasteiger partial charge in [-0.25, -0.2) is 13.1 Å². The Kier molecular flexibility index (Phi) is 4.75. The predicted octanol–water partition coefficient (Wildman–Crippen LogP) is 0.0906. The van der Waals surface area contributed by atoms with Crippen LogP contribution in [0.25, 0.3) is 0 Å². The lowest BCUT2D eigenvalue weighted by Gasteiger charge is -2.07. The minimum Gasteiger partial charge on any atom is -0.492 e. The second-order valence-electron chi connectivity index (χ2n) is 3.23. The third-order valence-corrected chi connectivity index (χ3v) is 2.98. The second kappa shape index (κ2) is 6.08. The molecule has 0 aliphatic heterocycles. The number of anilines is 1. The summed E-state index contributed by atoms with van der Waals surface area (Å²) in [7, 11) is -3.50. The number of benzene rings is 1. The molecule has 0 atom stereocenters. The molecule has 1 aromatic rings. The van der Waals surface area contributed by atoms with Crippen LogP contribution in [0.15, 0.2) is 24.3 Å². The monoisotopic (exact) mass is 255 g/mol. The van der Waals surface area contributed by atoms with Crippen LogP contribution in [0.2, 0.25) is 0 Å². The summed E-state index contributed by atoms with van der Waals surface area (Å²) < 4.78 is 29.7. The molecule has 0 radical (unpaired) electrons. The summed E-state index contributed by atoms with van der Waals surface area (Å²) in [5, 5.41) is 8.25. The van der Waals surface area contributed by atoms with E-state index in [1.165, 1.54) is 0 Å². The maximum Gasteiger partial charge on any atom is 0.225 e. The molecule has 17 heavy (non-hydrogen) atoms. The van der Waals surface area contributed by atoms with Crippen LogP contribution < -0.4 is 15.2 Å². The highest BCUT2D eigenvalue weighted by molar-refractivity contribution is 7.89. The molecule has 0 unspecified atom stereocenters. The van der Waals surface area contributed by atoms with Crippen LogP contribution in [0.3, 0.4) is 0 Å². The summed E-state index contributed by atoms with van der Waals surface area (Å²) in [5.74, 6) is 0.0631.